The third kappa shape index (κ3) is 3.89. The minimum Gasteiger partial charge on any atom is -0.330 e. The number of nitrogens with two attached hydrogens (primary N) is 1. The molecule has 0 bridgehead atoms. The summed E-state index contributed by atoms with van der Waals surface area (Å²) in [5, 5.41) is 6.70. The molecular formula is C11H21N3S. The molecule has 0 aromatic carbocycles. The maximum Gasteiger partial charge on any atom is 0.112 e. The van der Waals surface area contributed by atoms with Gasteiger partial charge in [0.15, 0.2) is 0 Å². The topological polar surface area (TPSA) is 50.9 Å². The van der Waals surface area contributed by atoms with Crippen LogP contribution >= 0.6 is 11.3 Å². The zero-order valence-electron chi connectivity index (χ0n) is 9.79. The van der Waals surface area contributed by atoms with Crippen molar-refractivity contribution < 1.29 is 0 Å². The van der Waals surface area contributed by atoms with Crippen molar-refractivity contribution in [1.29, 1.82) is 0 Å². The summed E-state index contributed by atoms with van der Waals surface area (Å²) < 4.78 is 0. The average molecular weight is 227 g/mol. The third-order valence-corrected chi connectivity index (χ3v) is 3.62. The Morgan fingerprint density at radius 2 is 2.33 bits per heavy atom. The van der Waals surface area contributed by atoms with Gasteiger partial charge in [0, 0.05) is 11.6 Å². The van der Waals surface area contributed by atoms with E-state index in [1.165, 1.54) is 0 Å². The van der Waals surface area contributed by atoms with E-state index < -0.39 is 0 Å². The molecule has 0 aliphatic rings. The molecule has 1 aromatic rings. The Labute approximate surface area is 96.1 Å². The summed E-state index contributed by atoms with van der Waals surface area (Å²) in [5.41, 5.74) is 5.49. The first-order valence-electron chi connectivity index (χ1n) is 5.41. The summed E-state index contributed by atoms with van der Waals surface area (Å²) in [6.07, 6.45) is 2.92. The monoisotopic (exact) mass is 227 g/mol. The first-order chi connectivity index (χ1) is 7.06. The molecule has 0 saturated heterocycles. The van der Waals surface area contributed by atoms with E-state index in [4.69, 9.17) is 5.73 Å². The zero-order valence-corrected chi connectivity index (χ0v) is 10.6. The smallest absolute Gasteiger partial charge is 0.112 e. The van der Waals surface area contributed by atoms with Crippen LogP contribution in [0.1, 0.15) is 32.2 Å². The maximum absolute atomic E-state index is 5.53. The average Bonchev–Trinajstić information content (AvgIpc) is 2.69. The van der Waals surface area contributed by atoms with Crippen LogP contribution in [-0.2, 0) is 5.54 Å². The van der Waals surface area contributed by atoms with E-state index in [1.807, 2.05) is 11.6 Å². The van der Waals surface area contributed by atoms with Crippen LogP contribution in [-0.4, -0.2) is 18.1 Å². The summed E-state index contributed by atoms with van der Waals surface area (Å²) in [4.78, 5) is 4.34. The number of nitrogens with zero attached hydrogens (tertiary/aromatic N) is 1. The van der Waals surface area contributed by atoms with Gasteiger partial charge in [-0.3, -0.25) is 0 Å². The highest BCUT2D eigenvalue weighted by molar-refractivity contribution is 7.09. The van der Waals surface area contributed by atoms with Gasteiger partial charge < -0.3 is 11.1 Å². The minimum atomic E-state index is -0.0307. The molecular weight excluding hydrogens is 206 g/mol. The lowest BCUT2D eigenvalue weighted by atomic mass is 10.0. The van der Waals surface area contributed by atoms with Crippen LogP contribution in [0.3, 0.4) is 0 Å². The second-order valence-electron chi connectivity index (χ2n) is 4.53. The highest BCUT2D eigenvalue weighted by Gasteiger charge is 2.22. The van der Waals surface area contributed by atoms with Gasteiger partial charge in [0.05, 0.1) is 5.54 Å². The first-order valence-corrected chi connectivity index (χ1v) is 6.29. The van der Waals surface area contributed by atoms with Crippen molar-refractivity contribution >= 4 is 11.3 Å². The van der Waals surface area contributed by atoms with Crippen LogP contribution in [0, 0.1) is 5.92 Å². The van der Waals surface area contributed by atoms with Gasteiger partial charge in [-0.2, -0.15) is 0 Å². The summed E-state index contributed by atoms with van der Waals surface area (Å²) >= 11 is 1.70. The third-order valence-electron chi connectivity index (χ3n) is 2.52. The Hall–Kier alpha value is -0.450. The highest BCUT2D eigenvalue weighted by Crippen LogP contribution is 2.22. The molecule has 1 atom stereocenters. The van der Waals surface area contributed by atoms with E-state index in [0.29, 0.717) is 5.92 Å². The summed E-state index contributed by atoms with van der Waals surface area (Å²) in [6, 6.07) is 0. The molecule has 0 aliphatic carbocycles. The standard InChI is InChI=1S/C11H21N3S/c1-9(4-5-12)8-14-11(2,3)10-13-6-7-15-10/h6-7,9,14H,4-5,8,12H2,1-3H3. The zero-order chi connectivity index (χ0) is 11.3. The van der Waals surface area contributed by atoms with Crippen molar-refractivity contribution in [1.82, 2.24) is 10.3 Å². The molecule has 0 amide bonds. The fraction of sp³-hybridized carbons (Fsp3) is 0.727. The van der Waals surface area contributed by atoms with Gasteiger partial charge in [0.1, 0.15) is 5.01 Å². The molecule has 1 unspecified atom stereocenters. The molecule has 0 spiro atoms. The summed E-state index contributed by atoms with van der Waals surface area (Å²) in [6.45, 7) is 8.31. The van der Waals surface area contributed by atoms with Crippen LogP contribution in [0.5, 0.6) is 0 Å². The Kier molecular flexibility index (Phi) is 4.70. The number of thiazole rings is 1. The second-order valence-corrected chi connectivity index (χ2v) is 5.42. The van der Waals surface area contributed by atoms with Crippen LogP contribution in [0.4, 0.5) is 0 Å². The molecule has 0 radical (unpaired) electrons. The van der Waals surface area contributed by atoms with Gasteiger partial charge in [0.2, 0.25) is 0 Å². The van der Waals surface area contributed by atoms with Crippen LogP contribution in [0.15, 0.2) is 11.6 Å². The van der Waals surface area contributed by atoms with E-state index in [0.717, 1.165) is 24.5 Å². The van der Waals surface area contributed by atoms with Crippen molar-refractivity contribution in [3.8, 4) is 0 Å². The van der Waals surface area contributed by atoms with Crippen molar-refractivity contribution in [2.24, 2.45) is 11.7 Å². The largest absolute Gasteiger partial charge is 0.330 e. The Morgan fingerprint density at radius 1 is 1.60 bits per heavy atom. The quantitative estimate of drug-likeness (QED) is 0.781. The summed E-state index contributed by atoms with van der Waals surface area (Å²) in [5.74, 6) is 0.620. The van der Waals surface area contributed by atoms with Gasteiger partial charge in [-0.05, 0) is 39.3 Å². The molecule has 0 aliphatic heterocycles. The van der Waals surface area contributed by atoms with E-state index in [-0.39, 0.29) is 5.54 Å². The van der Waals surface area contributed by atoms with E-state index in [2.05, 4.69) is 31.1 Å². The molecule has 1 aromatic heterocycles. The predicted octanol–water partition coefficient (Wildman–Crippen LogP) is 1.95. The predicted molar refractivity (Wildman–Crippen MR) is 66.0 cm³/mol. The number of hydrogen-bond donors (Lipinski definition) is 2. The molecule has 4 heteroatoms. The van der Waals surface area contributed by atoms with Gasteiger partial charge >= 0.3 is 0 Å². The Morgan fingerprint density at radius 3 is 2.87 bits per heavy atom. The van der Waals surface area contributed by atoms with Crippen molar-refractivity contribution in [2.75, 3.05) is 13.1 Å². The SMILES string of the molecule is CC(CCN)CNC(C)(C)c1nccs1. The Bertz CT molecular complexity index is 269. The Balaban J connectivity index is 2.43. The van der Waals surface area contributed by atoms with Crippen LogP contribution in [0.2, 0.25) is 0 Å². The lowest BCUT2D eigenvalue weighted by Crippen LogP contribution is -2.39. The fourth-order valence-electron chi connectivity index (χ4n) is 1.42. The molecule has 0 saturated carbocycles. The van der Waals surface area contributed by atoms with Gasteiger partial charge in [-0.25, -0.2) is 4.98 Å². The summed E-state index contributed by atoms with van der Waals surface area (Å²) in [7, 11) is 0. The van der Waals surface area contributed by atoms with Crippen LogP contribution < -0.4 is 11.1 Å². The lowest BCUT2D eigenvalue weighted by Gasteiger charge is -2.25. The van der Waals surface area contributed by atoms with Crippen molar-refractivity contribution in [3.63, 3.8) is 0 Å². The van der Waals surface area contributed by atoms with E-state index >= 15 is 0 Å². The number of hydrogen-bond acceptors (Lipinski definition) is 4. The highest BCUT2D eigenvalue weighted by atomic mass is 32.1. The van der Waals surface area contributed by atoms with Gasteiger partial charge in [-0.1, -0.05) is 6.92 Å². The number of nitrogens with one attached hydrogen (secondary N) is 1. The van der Waals surface area contributed by atoms with Crippen molar-refractivity contribution in [2.45, 2.75) is 32.7 Å². The van der Waals surface area contributed by atoms with Gasteiger partial charge in [0.25, 0.3) is 0 Å². The van der Waals surface area contributed by atoms with Crippen molar-refractivity contribution in [3.05, 3.63) is 16.6 Å². The molecule has 3 nitrogen and oxygen atoms in total. The first kappa shape index (κ1) is 12.6. The van der Waals surface area contributed by atoms with Gasteiger partial charge in [-0.15, -0.1) is 11.3 Å². The molecule has 15 heavy (non-hydrogen) atoms. The van der Waals surface area contributed by atoms with E-state index in [1.54, 1.807) is 11.3 Å². The molecule has 3 N–H and O–H groups in total. The molecule has 86 valence electrons. The minimum absolute atomic E-state index is 0.0307. The number of rotatable bonds is 6. The van der Waals surface area contributed by atoms with E-state index in [9.17, 15) is 0 Å². The normalized spacial score (nSPS) is 14.1. The molecule has 1 heterocycles. The maximum atomic E-state index is 5.53. The second kappa shape index (κ2) is 5.58. The fourth-order valence-corrected chi connectivity index (χ4v) is 2.16. The van der Waals surface area contributed by atoms with Crippen LogP contribution in [0.25, 0.3) is 0 Å². The number of aromatic nitrogens is 1. The lowest BCUT2D eigenvalue weighted by molar-refractivity contribution is 0.356. The molecule has 0 fully saturated rings. The molecule has 1 rings (SSSR count).